The number of hydrogen-bond acceptors (Lipinski definition) is 7. The highest BCUT2D eigenvalue weighted by atomic mass is 32.1. The molecule has 0 saturated carbocycles. The summed E-state index contributed by atoms with van der Waals surface area (Å²) in [6.45, 7) is 1.84. The van der Waals surface area contributed by atoms with Gasteiger partial charge in [-0.15, -0.1) is 10.2 Å². The summed E-state index contributed by atoms with van der Waals surface area (Å²) in [6, 6.07) is 4.35. The Hall–Kier alpha value is -2.39. The van der Waals surface area contributed by atoms with Gasteiger partial charge >= 0.3 is 0 Å². The quantitative estimate of drug-likeness (QED) is 0.670. The molecule has 0 aliphatic rings. The molecule has 0 fully saturated rings. The predicted octanol–water partition coefficient (Wildman–Crippen LogP) is 2.15. The minimum Gasteiger partial charge on any atom is -0.377 e. The molecule has 0 aliphatic heterocycles. The summed E-state index contributed by atoms with van der Waals surface area (Å²) in [5.41, 5.74) is 0.439. The van der Waals surface area contributed by atoms with Gasteiger partial charge in [0.1, 0.15) is 11.6 Å². The SMILES string of the molecule is COCc1nnc(NC(=O)c2cccc([N+](=O)[O-])c2C)s1. The molecule has 1 aromatic carbocycles. The van der Waals surface area contributed by atoms with E-state index < -0.39 is 10.8 Å². The number of amides is 1. The molecule has 9 heteroatoms. The lowest BCUT2D eigenvalue weighted by Crippen LogP contribution is -2.14. The van der Waals surface area contributed by atoms with Gasteiger partial charge in [0.25, 0.3) is 11.6 Å². The predicted molar refractivity (Wildman–Crippen MR) is 76.4 cm³/mol. The van der Waals surface area contributed by atoms with Crippen LogP contribution >= 0.6 is 11.3 Å². The standard InChI is InChI=1S/C12H12N4O4S/c1-7-8(4-3-5-9(7)16(18)19)11(17)13-12-15-14-10(21-12)6-20-2/h3-5H,6H2,1-2H3,(H,13,15,17). The zero-order valence-electron chi connectivity index (χ0n) is 11.3. The van der Waals surface area contributed by atoms with Crippen LogP contribution in [0.15, 0.2) is 18.2 Å². The molecular formula is C12H12N4O4S. The van der Waals surface area contributed by atoms with E-state index in [0.29, 0.717) is 22.3 Å². The second kappa shape index (κ2) is 6.37. The zero-order chi connectivity index (χ0) is 15.4. The van der Waals surface area contributed by atoms with E-state index in [1.807, 2.05) is 0 Å². The van der Waals surface area contributed by atoms with Crippen LogP contribution in [-0.4, -0.2) is 28.1 Å². The Bertz CT molecular complexity index is 686. The summed E-state index contributed by atoms with van der Waals surface area (Å²) in [5.74, 6) is -0.462. The van der Waals surface area contributed by atoms with Crippen LogP contribution in [0.4, 0.5) is 10.8 Å². The van der Waals surface area contributed by atoms with Gasteiger partial charge < -0.3 is 4.74 Å². The number of hydrogen-bond donors (Lipinski definition) is 1. The van der Waals surface area contributed by atoms with Gasteiger partial charge in [-0.1, -0.05) is 17.4 Å². The first kappa shape index (κ1) is 15.0. The van der Waals surface area contributed by atoms with E-state index in [1.165, 1.54) is 43.6 Å². The maximum Gasteiger partial charge on any atom is 0.273 e. The molecule has 8 nitrogen and oxygen atoms in total. The molecule has 0 bridgehead atoms. The Morgan fingerprint density at radius 2 is 2.24 bits per heavy atom. The van der Waals surface area contributed by atoms with Crippen LogP contribution in [-0.2, 0) is 11.3 Å². The fourth-order valence-electron chi connectivity index (χ4n) is 1.72. The molecule has 2 rings (SSSR count). The number of anilines is 1. The summed E-state index contributed by atoms with van der Waals surface area (Å²) in [5, 5.41) is 22.0. The van der Waals surface area contributed by atoms with Crippen molar-refractivity contribution in [2.75, 3.05) is 12.4 Å². The number of nitro groups is 1. The lowest BCUT2D eigenvalue weighted by atomic mass is 10.1. The lowest BCUT2D eigenvalue weighted by molar-refractivity contribution is -0.385. The summed E-state index contributed by atoms with van der Waals surface area (Å²) in [6.07, 6.45) is 0. The fourth-order valence-corrected chi connectivity index (χ4v) is 2.42. The third-order valence-corrected chi connectivity index (χ3v) is 3.51. The number of carbonyl (C=O) groups excluding carboxylic acids is 1. The third kappa shape index (κ3) is 3.38. The van der Waals surface area contributed by atoms with E-state index >= 15 is 0 Å². The summed E-state index contributed by atoms with van der Waals surface area (Å²) in [7, 11) is 1.53. The smallest absolute Gasteiger partial charge is 0.273 e. The molecule has 110 valence electrons. The summed E-state index contributed by atoms with van der Waals surface area (Å²) in [4.78, 5) is 22.5. The normalized spacial score (nSPS) is 10.4. The number of benzene rings is 1. The average Bonchev–Trinajstić information content (AvgIpc) is 2.86. The molecule has 0 atom stereocenters. The van der Waals surface area contributed by atoms with Gasteiger partial charge in [-0.3, -0.25) is 20.2 Å². The lowest BCUT2D eigenvalue weighted by Gasteiger charge is -2.05. The Kier molecular flexibility index (Phi) is 4.55. The van der Waals surface area contributed by atoms with Crippen molar-refractivity contribution in [2.45, 2.75) is 13.5 Å². The Labute approximate surface area is 123 Å². The van der Waals surface area contributed by atoms with E-state index in [9.17, 15) is 14.9 Å². The van der Waals surface area contributed by atoms with E-state index in [2.05, 4.69) is 15.5 Å². The first-order valence-corrected chi connectivity index (χ1v) is 6.71. The molecule has 21 heavy (non-hydrogen) atoms. The highest BCUT2D eigenvalue weighted by molar-refractivity contribution is 7.15. The van der Waals surface area contributed by atoms with Crippen molar-refractivity contribution < 1.29 is 14.5 Å². The second-order valence-electron chi connectivity index (χ2n) is 4.09. The number of nitro benzene ring substituents is 1. The van der Waals surface area contributed by atoms with Crippen molar-refractivity contribution >= 4 is 28.1 Å². The molecule has 0 aliphatic carbocycles. The third-order valence-electron chi connectivity index (χ3n) is 2.70. The van der Waals surface area contributed by atoms with Crippen molar-refractivity contribution in [2.24, 2.45) is 0 Å². The largest absolute Gasteiger partial charge is 0.377 e. The van der Waals surface area contributed by atoms with Crippen molar-refractivity contribution in [3.8, 4) is 0 Å². The van der Waals surface area contributed by atoms with Crippen LogP contribution in [0.5, 0.6) is 0 Å². The van der Waals surface area contributed by atoms with Gasteiger partial charge in [0.2, 0.25) is 5.13 Å². The fraction of sp³-hybridized carbons (Fsp3) is 0.250. The Balaban J connectivity index is 2.20. The molecule has 0 spiro atoms. The molecular weight excluding hydrogens is 296 g/mol. The molecule has 0 saturated heterocycles. The number of rotatable bonds is 5. The van der Waals surface area contributed by atoms with Crippen LogP contribution in [0, 0.1) is 17.0 Å². The molecule has 1 amide bonds. The Morgan fingerprint density at radius 3 is 2.90 bits per heavy atom. The van der Waals surface area contributed by atoms with Crippen LogP contribution in [0.25, 0.3) is 0 Å². The molecule has 0 radical (unpaired) electrons. The molecule has 1 N–H and O–H groups in total. The monoisotopic (exact) mass is 308 g/mol. The molecule has 2 aromatic rings. The van der Waals surface area contributed by atoms with Gasteiger partial charge in [-0.2, -0.15) is 0 Å². The average molecular weight is 308 g/mol. The second-order valence-corrected chi connectivity index (χ2v) is 5.16. The maximum absolute atomic E-state index is 12.2. The first-order valence-electron chi connectivity index (χ1n) is 5.89. The number of aromatic nitrogens is 2. The minimum absolute atomic E-state index is 0.0972. The summed E-state index contributed by atoms with van der Waals surface area (Å²) < 4.78 is 4.91. The van der Waals surface area contributed by atoms with Gasteiger partial charge in [0.15, 0.2) is 0 Å². The van der Waals surface area contributed by atoms with Gasteiger partial charge in [0.05, 0.1) is 4.92 Å². The highest BCUT2D eigenvalue weighted by Crippen LogP contribution is 2.23. The van der Waals surface area contributed by atoms with E-state index in [4.69, 9.17) is 4.74 Å². The van der Waals surface area contributed by atoms with Crippen LogP contribution < -0.4 is 5.32 Å². The number of nitrogens with one attached hydrogen (secondary N) is 1. The number of carbonyl (C=O) groups is 1. The summed E-state index contributed by atoms with van der Waals surface area (Å²) >= 11 is 1.18. The highest BCUT2D eigenvalue weighted by Gasteiger charge is 2.19. The van der Waals surface area contributed by atoms with Crippen LogP contribution in [0.1, 0.15) is 20.9 Å². The number of nitrogens with zero attached hydrogens (tertiary/aromatic N) is 3. The zero-order valence-corrected chi connectivity index (χ0v) is 12.1. The van der Waals surface area contributed by atoms with E-state index in [0.717, 1.165) is 0 Å². The van der Waals surface area contributed by atoms with Gasteiger partial charge in [0, 0.05) is 24.3 Å². The van der Waals surface area contributed by atoms with Crippen molar-refractivity contribution in [1.82, 2.24) is 10.2 Å². The maximum atomic E-state index is 12.2. The molecule has 1 aromatic heterocycles. The van der Waals surface area contributed by atoms with Crippen molar-refractivity contribution in [3.05, 3.63) is 44.4 Å². The van der Waals surface area contributed by atoms with E-state index in [-0.39, 0.29) is 11.3 Å². The van der Waals surface area contributed by atoms with Crippen LogP contribution in [0.2, 0.25) is 0 Å². The van der Waals surface area contributed by atoms with Crippen molar-refractivity contribution in [3.63, 3.8) is 0 Å². The van der Waals surface area contributed by atoms with Crippen LogP contribution in [0.3, 0.4) is 0 Å². The first-order chi connectivity index (χ1) is 10.0. The minimum atomic E-state index is -0.520. The van der Waals surface area contributed by atoms with E-state index in [1.54, 1.807) is 0 Å². The topological polar surface area (TPSA) is 107 Å². The number of methoxy groups -OCH3 is 1. The molecule has 1 heterocycles. The van der Waals surface area contributed by atoms with Gasteiger partial charge in [-0.25, -0.2) is 0 Å². The van der Waals surface area contributed by atoms with Gasteiger partial charge in [-0.05, 0) is 13.0 Å². The Morgan fingerprint density at radius 1 is 1.48 bits per heavy atom. The number of ether oxygens (including phenoxy) is 1. The van der Waals surface area contributed by atoms with Crippen molar-refractivity contribution in [1.29, 1.82) is 0 Å². The molecule has 0 unspecified atom stereocenters.